The predicted octanol–water partition coefficient (Wildman–Crippen LogP) is 3.63. The first-order valence-electron chi connectivity index (χ1n) is 11.0. The molecule has 1 aliphatic rings. The Morgan fingerprint density at radius 3 is 2.47 bits per heavy atom. The number of β-amino-alcohol motifs (C(OH)–C–C–N with tert-alkyl or cyclic N) is 1. The van der Waals surface area contributed by atoms with Crippen LogP contribution in [-0.2, 0) is 11.3 Å². The monoisotopic (exact) mass is 480 g/mol. The lowest BCUT2D eigenvalue weighted by Gasteiger charge is -2.24. The van der Waals surface area contributed by atoms with Crippen LogP contribution in [0.15, 0.2) is 53.9 Å². The molecule has 178 valence electrons. The molecular formula is C26H28N2O5S. The van der Waals surface area contributed by atoms with E-state index in [-0.39, 0.29) is 24.8 Å². The summed E-state index contributed by atoms with van der Waals surface area (Å²) >= 11 is 1.70. The van der Waals surface area contributed by atoms with E-state index >= 15 is 0 Å². The number of hydrogen-bond donors (Lipinski definition) is 2. The maximum atomic E-state index is 13.2. The lowest BCUT2D eigenvalue weighted by Crippen LogP contribution is -2.45. The lowest BCUT2D eigenvalue weighted by atomic mass is 10.1. The highest BCUT2D eigenvalue weighted by molar-refractivity contribution is 7.13. The van der Waals surface area contributed by atoms with Gasteiger partial charge >= 0.3 is 0 Å². The summed E-state index contributed by atoms with van der Waals surface area (Å²) in [6, 6.07) is 14.3. The Morgan fingerprint density at radius 1 is 1.09 bits per heavy atom. The fraction of sp³-hybridized carbons (Fsp3) is 0.308. The molecule has 4 rings (SSSR count). The summed E-state index contributed by atoms with van der Waals surface area (Å²) in [5.41, 5.74) is 3.71. The molecule has 0 radical (unpaired) electrons. The van der Waals surface area contributed by atoms with Crippen molar-refractivity contribution in [1.29, 1.82) is 0 Å². The third-order valence-electron chi connectivity index (χ3n) is 6.02. The smallest absolute Gasteiger partial charge is 0.254 e. The number of hydrogen-bond acceptors (Lipinski definition) is 6. The second kappa shape index (κ2) is 10.3. The Balaban J connectivity index is 1.43. The molecule has 2 aromatic carbocycles. The van der Waals surface area contributed by atoms with Crippen molar-refractivity contribution in [1.82, 2.24) is 10.2 Å². The van der Waals surface area contributed by atoms with E-state index in [4.69, 9.17) is 9.47 Å². The second-order valence-electron chi connectivity index (χ2n) is 8.28. The number of aryl methyl sites for hydroxylation is 1. The van der Waals surface area contributed by atoms with Crippen molar-refractivity contribution in [3.63, 3.8) is 0 Å². The van der Waals surface area contributed by atoms with Gasteiger partial charge in [-0.1, -0.05) is 24.3 Å². The Bertz CT molecular complexity index is 1170. The first-order valence-corrected chi connectivity index (χ1v) is 11.9. The van der Waals surface area contributed by atoms with E-state index in [2.05, 4.69) is 23.7 Å². The van der Waals surface area contributed by atoms with Crippen molar-refractivity contribution in [3.8, 4) is 21.9 Å². The summed E-state index contributed by atoms with van der Waals surface area (Å²) in [6.07, 6.45) is -0.560. The summed E-state index contributed by atoms with van der Waals surface area (Å²) in [7, 11) is 3.02. The van der Waals surface area contributed by atoms with Gasteiger partial charge in [-0.05, 0) is 53.3 Å². The SMILES string of the molecule is COc1ccc(C(=O)N2C[C@H](O)C[C@H]2C(=O)NCc2ccc(-c3sccc3C)cc2)cc1OC. The highest BCUT2D eigenvalue weighted by Gasteiger charge is 2.39. The third kappa shape index (κ3) is 4.93. The Morgan fingerprint density at radius 2 is 1.82 bits per heavy atom. The molecule has 2 atom stereocenters. The van der Waals surface area contributed by atoms with E-state index in [9.17, 15) is 14.7 Å². The molecular weight excluding hydrogens is 452 g/mol. The van der Waals surface area contributed by atoms with E-state index in [0.717, 1.165) is 11.1 Å². The molecule has 3 aromatic rings. The van der Waals surface area contributed by atoms with Gasteiger partial charge < -0.3 is 24.8 Å². The lowest BCUT2D eigenvalue weighted by molar-refractivity contribution is -0.125. The number of amides is 2. The van der Waals surface area contributed by atoms with Crippen LogP contribution in [-0.4, -0.2) is 54.7 Å². The average molecular weight is 481 g/mol. The quantitative estimate of drug-likeness (QED) is 0.539. The molecule has 8 heteroatoms. The van der Waals surface area contributed by atoms with Crippen molar-refractivity contribution >= 4 is 23.2 Å². The molecule has 1 aromatic heterocycles. The van der Waals surface area contributed by atoms with Crippen LogP contribution in [0.1, 0.15) is 27.9 Å². The van der Waals surface area contributed by atoms with Crippen LogP contribution in [0.3, 0.4) is 0 Å². The summed E-state index contributed by atoms with van der Waals surface area (Å²) in [4.78, 5) is 28.8. The van der Waals surface area contributed by atoms with Crippen molar-refractivity contribution in [3.05, 3.63) is 70.6 Å². The number of rotatable bonds is 7. The normalized spacial score (nSPS) is 17.5. The number of aliphatic hydroxyl groups excluding tert-OH is 1. The molecule has 2 N–H and O–H groups in total. The van der Waals surface area contributed by atoms with Crippen molar-refractivity contribution < 1.29 is 24.2 Å². The molecule has 0 spiro atoms. The molecule has 0 bridgehead atoms. The van der Waals surface area contributed by atoms with Crippen LogP contribution in [0.4, 0.5) is 0 Å². The molecule has 0 aliphatic carbocycles. The fourth-order valence-electron chi connectivity index (χ4n) is 4.17. The van der Waals surface area contributed by atoms with Crippen LogP contribution in [0, 0.1) is 6.92 Å². The molecule has 34 heavy (non-hydrogen) atoms. The van der Waals surface area contributed by atoms with Gasteiger partial charge in [0, 0.05) is 30.0 Å². The number of benzene rings is 2. The maximum Gasteiger partial charge on any atom is 0.254 e. The Hall–Kier alpha value is -3.36. The number of aliphatic hydroxyl groups is 1. The zero-order valence-corrected chi connectivity index (χ0v) is 20.2. The van der Waals surface area contributed by atoms with E-state index in [1.54, 1.807) is 29.5 Å². The highest BCUT2D eigenvalue weighted by Crippen LogP contribution is 2.30. The van der Waals surface area contributed by atoms with Gasteiger partial charge in [0.15, 0.2) is 11.5 Å². The predicted molar refractivity (Wildman–Crippen MR) is 131 cm³/mol. The summed E-state index contributed by atoms with van der Waals surface area (Å²) in [5, 5.41) is 15.2. The third-order valence-corrected chi connectivity index (χ3v) is 7.08. The largest absolute Gasteiger partial charge is 0.493 e. The summed E-state index contributed by atoms with van der Waals surface area (Å²) in [6.45, 7) is 2.53. The van der Waals surface area contributed by atoms with Crippen LogP contribution in [0.2, 0.25) is 0 Å². The van der Waals surface area contributed by atoms with Crippen LogP contribution >= 0.6 is 11.3 Å². The zero-order valence-electron chi connectivity index (χ0n) is 19.4. The Kier molecular flexibility index (Phi) is 7.19. The standard InChI is InChI=1S/C26H28N2O5S/c1-16-10-11-34-24(16)18-6-4-17(5-7-18)14-27-25(30)21-13-20(29)15-28(21)26(31)19-8-9-22(32-2)23(12-19)33-3/h4-12,20-21,29H,13-15H2,1-3H3,(H,27,30)/t20-,21+/m1/s1. The number of carbonyl (C=O) groups is 2. The maximum absolute atomic E-state index is 13.2. The average Bonchev–Trinajstić information content (AvgIpc) is 3.47. The summed E-state index contributed by atoms with van der Waals surface area (Å²) < 4.78 is 10.5. The molecule has 7 nitrogen and oxygen atoms in total. The zero-order chi connectivity index (χ0) is 24.2. The minimum Gasteiger partial charge on any atom is -0.493 e. The van der Waals surface area contributed by atoms with Gasteiger partial charge in [-0.25, -0.2) is 0 Å². The molecule has 1 fully saturated rings. The highest BCUT2D eigenvalue weighted by atomic mass is 32.1. The first-order chi connectivity index (χ1) is 16.4. The molecule has 1 aliphatic heterocycles. The molecule has 2 amide bonds. The van der Waals surface area contributed by atoms with Crippen LogP contribution in [0.5, 0.6) is 11.5 Å². The molecule has 2 heterocycles. The van der Waals surface area contributed by atoms with Gasteiger partial charge in [-0.2, -0.15) is 0 Å². The molecule has 0 unspecified atom stereocenters. The number of carbonyl (C=O) groups excluding carboxylic acids is 2. The van der Waals surface area contributed by atoms with Crippen LogP contribution < -0.4 is 14.8 Å². The number of likely N-dealkylation sites (tertiary alicyclic amines) is 1. The molecule has 1 saturated heterocycles. The van der Waals surface area contributed by atoms with E-state index < -0.39 is 12.1 Å². The van der Waals surface area contributed by atoms with Gasteiger partial charge in [0.1, 0.15) is 6.04 Å². The summed E-state index contributed by atoms with van der Waals surface area (Å²) in [5.74, 6) is 0.308. The van der Waals surface area contributed by atoms with Gasteiger partial charge in [-0.3, -0.25) is 9.59 Å². The molecule has 0 saturated carbocycles. The fourth-order valence-corrected chi connectivity index (χ4v) is 5.11. The van der Waals surface area contributed by atoms with Gasteiger partial charge in [0.05, 0.1) is 20.3 Å². The Labute approximate surface area is 202 Å². The first kappa shape index (κ1) is 23.8. The number of nitrogens with one attached hydrogen (secondary N) is 1. The number of ether oxygens (including phenoxy) is 2. The number of thiophene rings is 1. The number of methoxy groups -OCH3 is 2. The van der Waals surface area contributed by atoms with Gasteiger partial charge in [-0.15, -0.1) is 11.3 Å². The van der Waals surface area contributed by atoms with E-state index in [1.807, 2.05) is 24.3 Å². The topological polar surface area (TPSA) is 88.1 Å². The van der Waals surface area contributed by atoms with E-state index in [0.29, 0.717) is 23.6 Å². The minimum atomic E-state index is -0.756. The number of nitrogens with zero attached hydrogens (tertiary/aromatic N) is 1. The van der Waals surface area contributed by atoms with Gasteiger partial charge in [0.2, 0.25) is 5.91 Å². The van der Waals surface area contributed by atoms with Crippen molar-refractivity contribution in [2.45, 2.75) is 32.0 Å². The van der Waals surface area contributed by atoms with Crippen molar-refractivity contribution in [2.75, 3.05) is 20.8 Å². The second-order valence-corrected chi connectivity index (χ2v) is 9.20. The van der Waals surface area contributed by atoms with Crippen molar-refractivity contribution in [2.24, 2.45) is 0 Å². The minimum absolute atomic E-state index is 0.0973. The van der Waals surface area contributed by atoms with Gasteiger partial charge in [0.25, 0.3) is 5.91 Å². The van der Waals surface area contributed by atoms with E-state index in [1.165, 1.54) is 29.6 Å². The van der Waals surface area contributed by atoms with Crippen LogP contribution in [0.25, 0.3) is 10.4 Å².